The lowest BCUT2D eigenvalue weighted by atomic mass is 10.1. The molecule has 0 radical (unpaired) electrons. The maximum Gasteiger partial charge on any atom is 0.243 e. The van der Waals surface area contributed by atoms with Crippen molar-refractivity contribution in [1.29, 1.82) is 0 Å². The zero-order valence-corrected chi connectivity index (χ0v) is 13.0. The molecule has 2 amide bonds. The van der Waals surface area contributed by atoms with Crippen LogP contribution in [0.4, 0.5) is 5.69 Å². The fraction of sp³-hybridized carbons (Fsp3) is 0.250. The Hall–Kier alpha value is -1.88. The predicted molar refractivity (Wildman–Crippen MR) is 86.1 cm³/mol. The first-order chi connectivity index (χ1) is 10.1. The SMILES string of the molecule is O=C(CN1CCCC1=O)Nc1ccc2cc(Br)ccc2c1. The van der Waals surface area contributed by atoms with Gasteiger partial charge in [-0.1, -0.05) is 28.1 Å². The molecule has 1 aliphatic rings. The number of likely N-dealkylation sites (tertiary alicyclic amines) is 1. The molecule has 21 heavy (non-hydrogen) atoms. The molecule has 1 heterocycles. The predicted octanol–water partition coefficient (Wildman–Crippen LogP) is 3.16. The number of fused-ring (bicyclic) bond motifs is 1. The molecule has 0 bridgehead atoms. The number of benzene rings is 2. The highest BCUT2D eigenvalue weighted by atomic mass is 79.9. The van der Waals surface area contributed by atoms with Crippen LogP contribution in [0.1, 0.15) is 12.8 Å². The number of halogens is 1. The molecule has 3 rings (SSSR count). The second-order valence-corrected chi connectivity index (χ2v) is 6.09. The highest BCUT2D eigenvalue weighted by Crippen LogP contribution is 2.23. The van der Waals surface area contributed by atoms with E-state index in [1.807, 2.05) is 36.4 Å². The summed E-state index contributed by atoms with van der Waals surface area (Å²) in [6.07, 6.45) is 1.40. The van der Waals surface area contributed by atoms with Crippen molar-refractivity contribution in [2.24, 2.45) is 0 Å². The van der Waals surface area contributed by atoms with Gasteiger partial charge >= 0.3 is 0 Å². The molecule has 1 fully saturated rings. The van der Waals surface area contributed by atoms with E-state index in [-0.39, 0.29) is 18.4 Å². The van der Waals surface area contributed by atoms with Gasteiger partial charge in [0.25, 0.3) is 0 Å². The van der Waals surface area contributed by atoms with Gasteiger partial charge < -0.3 is 10.2 Å². The average molecular weight is 347 g/mol. The number of amides is 2. The van der Waals surface area contributed by atoms with E-state index >= 15 is 0 Å². The van der Waals surface area contributed by atoms with Gasteiger partial charge in [0.15, 0.2) is 0 Å². The molecule has 5 heteroatoms. The van der Waals surface area contributed by atoms with E-state index in [1.54, 1.807) is 4.90 Å². The van der Waals surface area contributed by atoms with Crippen LogP contribution in [-0.2, 0) is 9.59 Å². The van der Waals surface area contributed by atoms with Gasteiger partial charge in [0.1, 0.15) is 0 Å². The van der Waals surface area contributed by atoms with Gasteiger partial charge in [0, 0.05) is 23.1 Å². The molecular weight excluding hydrogens is 332 g/mol. The molecule has 0 aliphatic carbocycles. The molecule has 0 aromatic heterocycles. The van der Waals surface area contributed by atoms with Crippen molar-refractivity contribution in [2.45, 2.75) is 12.8 Å². The molecule has 0 unspecified atom stereocenters. The van der Waals surface area contributed by atoms with Gasteiger partial charge in [-0.3, -0.25) is 9.59 Å². The third-order valence-corrected chi connectivity index (χ3v) is 4.09. The van der Waals surface area contributed by atoms with Crippen LogP contribution in [0.25, 0.3) is 10.8 Å². The lowest BCUT2D eigenvalue weighted by Crippen LogP contribution is -2.33. The molecule has 1 saturated heterocycles. The number of carbonyl (C=O) groups is 2. The minimum absolute atomic E-state index is 0.0634. The van der Waals surface area contributed by atoms with E-state index in [4.69, 9.17) is 0 Å². The van der Waals surface area contributed by atoms with Gasteiger partial charge in [-0.25, -0.2) is 0 Å². The van der Waals surface area contributed by atoms with Crippen LogP contribution in [0.15, 0.2) is 40.9 Å². The smallest absolute Gasteiger partial charge is 0.243 e. The Labute approximate surface area is 131 Å². The fourth-order valence-electron chi connectivity index (χ4n) is 2.54. The summed E-state index contributed by atoms with van der Waals surface area (Å²) in [5, 5.41) is 5.02. The summed E-state index contributed by atoms with van der Waals surface area (Å²) in [7, 11) is 0. The highest BCUT2D eigenvalue weighted by molar-refractivity contribution is 9.10. The summed E-state index contributed by atoms with van der Waals surface area (Å²) in [6.45, 7) is 0.815. The minimum Gasteiger partial charge on any atom is -0.333 e. The standard InChI is InChI=1S/C16H15BrN2O2/c17-13-5-3-12-9-14(6-4-11(12)8-13)18-15(20)10-19-7-1-2-16(19)21/h3-6,8-9H,1-2,7,10H2,(H,18,20). The van der Waals surface area contributed by atoms with Crippen LogP contribution in [0.3, 0.4) is 0 Å². The van der Waals surface area contributed by atoms with Crippen molar-refractivity contribution in [2.75, 3.05) is 18.4 Å². The maximum atomic E-state index is 12.0. The molecule has 0 saturated carbocycles. The van der Waals surface area contributed by atoms with Crippen molar-refractivity contribution in [3.63, 3.8) is 0 Å². The van der Waals surface area contributed by atoms with E-state index in [0.29, 0.717) is 13.0 Å². The number of nitrogens with one attached hydrogen (secondary N) is 1. The van der Waals surface area contributed by atoms with Gasteiger partial charge in [0.2, 0.25) is 11.8 Å². The summed E-state index contributed by atoms with van der Waals surface area (Å²) < 4.78 is 1.03. The maximum absolute atomic E-state index is 12.0. The molecule has 0 spiro atoms. The first kappa shape index (κ1) is 14.1. The number of nitrogens with zero attached hydrogens (tertiary/aromatic N) is 1. The van der Waals surface area contributed by atoms with Gasteiger partial charge in [0.05, 0.1) is 6.54 Å². The lowest BCUT2D eigenvalue weighted by molar-refractivity contribution is -0.131. The number of rotatable bonds is 3. The first-order valence-corrected chi connectivity index (χ1v) is 7.68. The van der Waals surface area contributed by atoms with Crippen molar-refractivity contribution >= 4 is 44.2 Å². The second kappa shape index (κ2) is 5.85. The van der Waals surface area contributed by atoms with E-state index in [2.05, 4.69) is 21.2 Å². The van der Waals surface area contributed by atoms with Crippen molar-refractivity contribution in [3.8, 4) is 0 Å². The molecule has 0 atom stereocenters. The van der Waals surface area contributed by atoms with Crippen molar-refractivity contribution in [3.05, 3.63) is 40.9 Å². The third-order valence-electron chi connectivity index (χ3n) is 3.59. The Bertz CT molecular complexity index is 714. The normalized spacial score (nSPS) is 14.7. The zero-order chi connectivity index (χ0) is 14.8. The van der Waals surface area contributed by atoms with E-state index in [0.717, 1.165) is 27.4 Å². The molecule has 4 nitrogen and oxygen atoms in total. The molecular formula is C16H15BrN2O2. The summed E-state index contributed by atoms with van der Waals surface area (Å²) in [5.74, 6) is -0.0878. The van der Waals surface area contributed by atoms with Crippen LogP contribution in [0.2, 0.25) is 0 Å². The number of carbonyl (C=O) groups excluding carboxylic acids is 2. The van der Waals surface area contributed by atoms with Crippen LogP contribution < -0.4 is 5.32 Å². The largest absolute Gasteiger partial charge is 0.333 e. The monoisotopic (exact) mass is 346 g/mol. The van der Waals surface area contributed by atoms with Crippen molar-refractivity contribution < 1.29 is 9.59 Å². The zero-order valence-electron chi connectivity index (χ0n) is 11.4. The number of anilines is 1. The topological polar surface area (TPSA) is 49.4 Å². The third kappa shape index (κ3) is 3.24. The minimum atomic E-state index is -0.151. The van der Waals surface area contributed by atoms with Crippen LogP contribution >= 0.6 is 15.9 Å². The Balaban J connectivity index is 1.71. The summed E-state index contributed by atoms with van der Waals surface area (Å²) in [5.41, 5.74) is 0.751. The lowest BCUT2D eigenvalue weighted by Gasteiger charge is -2.15. The fourth-order valence-corrected chi connectivity index (χ4v) is 2.92. The van der Waals surface area contributed by atoms with Crippen LogP contribution in [0.5, 0.6) is 0 Å². The van der Waals surface area contributed by atoms with Gasteiger partial charge in [-0.15, -0.1) is 0 Å². The highest BCUT2D eigenvalue weighted by Gasteiger charge is 2.22. The molecule has 1 N–H and O–H groups in total. The van der Waals surface area contributed by atoms with Gasteiger partial charge in [-0.2, -0.15) is 0 Å². The van der Waals surface area contributed by atoms with E-state index in [9.17, 15) is 9.59 Å². The van der Waals surface area contributed by atoms with Gasteiger partial charge in [-0.05, 0) is 41.5 Å². The number of hydrogen-bond acceptors (Lipinski definition) is 2. The van der Waals surface area contributed by atoms with Crippen molar-refractivity contribution in [1.82, 2.24) is 4.90 Å². The summed E-state index contributed by atoms with van der Waals surface area (Å²) in [4.78, 5) is 25.1. The molecule has 2 aromatic carbocycles. The Kier molecular flexibility index (Phi) is 3.92. The average Bonchev–Trinajstić information content (AvgIpc) is 2.84. The Morgan fingerprint density at radius 2 is 1.95 bits per heavy atom. The quantitative estimate of drug-likeness (QED) is 0.927. The molecule has 2 aromatic rings. The first-order valence-electron chi connectivity index (χ1n) is 6.89. The second-order valence-electron chi connectivity index (χ2n) is 5.17. The summed E-state index contributed by atoms with van der Waals surface area (Å²) in [6, 6.07) is 11.8. The van der Waals surface area contributed by atoms with Crippen LogP contribution in [0, 0.1) is 0 Å². The number of hydrogen-bond donors (Lipinski definition) is 1. The van der Waals surface area contributed by atoms with E-state index in [1.165, 1.54) is 0 Å². The van der Waals surface area contributed by atoms with Crippen LogP contribution in [-0.4, -0.2) is 29.8 Å². The Morgan fingerprint density at radius 1 is 1.19 bits per heavy atom. The molecule has 1 aliphatic heterocycles. The summed E-state index contributed by atoms with van der Waals surface area (Å²) >= 11 is 3.44. The van der Waals surface area contributed by atoms with E-state index < -0.39 is 0 Å². The Morgan fingerprint density at radius 3 is 2.71 bits per heavy atom. The molecule has 108 valence electrons.